The van der Waals surface area contributed by atoms with Gasteiger partial charge in [-0.1, -0.05) is 12.8 Å². The van der Waals surface area contributed by atoms with Crippen molar-refractivity contribution in [1.82, 2.24) is 21.3 Å². The largest absolute Gasteiger partial charge is 0.354 e. The molecule has 0 aliphatic carbocycles. The molecule has 4 aliphatic rings. The molecule has 0 spiro atoms. The Morgan fingerprint density at radius 2 is 1.17 bits per heavy atom. The van der Waals surface area contributed by atoms with Crippen molar-refractivity contribution in [3.05, 3.63) is 0 Å². The zero-order chi connectivity index (χ0) is 21.1. The summed E-state index contributed by atoms with van der Waals surface area (Å²) in [5.41, 5.74) is 0. The number of morpholine rings is 2. The van der Waals surface area contributed by atoms with Crippen LogP contribution in [0.15, 0.2) is 0 Å². The van der Waals surface area contributed by atoms with Crippen molar-refractivity contribution in [3.63, 3.8) is 0 Å². The molecule has 0 aromatic heterocycles. The first-order valence-corrected chi connectivity index (χ1v) is 10.3. The molecule has 6 atom stereocenters. The fourth-order valence-electron chi connectivity index (χ4n) is 3.79. The van der Waals surface area contributed by atoms with Crippen LogP contribution in [0.2, 0.25) is 0 Å². The third-order valence-electron chi connectivity index (χ3n) is 5.37. The number of unbranched alkanes of at least 4 members (excludes halogenated alkanes) is 3. The molecule has 6 unspecified atom stereocenters. The molecule has 4 amide bonds. The van der Waals surface area contributed by atoms with E-state index >= 15 is 0 Å². The van der Waals surface area contributed by atoms with Crippen LogP contribution in [0.3, 0.4) is 0 Å². The highest BCUT2D eigenvalue weighted by Gasteiger charge is 2.49. The van der Waals surface area contributed by atoms with Gasteiger partial charge in [0.1, 0.15) is 0 Å². The van der Waals surface area contributed by atoms with Crippen molar-refractivity contribution in [2.24, 2.45) is 0 Å². The Balaban J connectivity index is 1.04. The molecule has 4 bridgehead atoms. The number of amides is 4. The van der Waals surface area contributed by atoms with E-state index in [0.29, 0.717) is 13.1 Å². The highest BCUT2D eigenvalue weighted by Crippen LogP contribution is 2.23. The van der Waals surface area contributed by atoms with Gasteiger partial charge in [0.15, 0.2) is 37.0 Å². The molecular formula is C18H26N4O8. The van der Waals surface area contributed by atoms with Crippen molar-refractivity contribution in [2.75, 3.05) is 26.2 Å². The lowest BCUT2D eigenvalue weighted by atomic mass is 10.1. The first-order chi connectivity index (χ1) is 14.5. The zero-order valence-corrected chi connectivity index (χ0v) is 16.4. The molecule has 4 heterocycles. The summed E-state index contributed by atoms with van der Waals surface area (Å²) in [7, 11) is 0. The van der Waals surface area contributed by atoms with Crippen molar-refractivity contribution in [3.8, 4) is 0 Å². The Morgan fingerprint density at radius 1 is 0.733 bits per heavy atom. The highest BCUT2D eigenvalue weighted by molar-refractivity contribution is 5.92. The van der Waals surface area contributed by atoms with Gasteiger partial charge in [-0.05, 0) is 12.8 Å². The number of nitrogens with one attached hydrogen (secondary N) is 4. The number of hydrogen-bond donors (Lipinski definition) is 4. The minimum Gasteiger partial charge on any atom is -0.354 e. The van der Waals surface area contributed by atoms with Crippen molar-refractivity contribution in [1.29, 1.82) is 0 Å². The summed E-state index contributed by atoms with van der Waals surface area (Å²) in [6.07, 6.45) is -1.45. The van der Waals surface area contributed by atoms with E-state index in [2.05, 4.69) is 21.3 Å². The number of carbonyl (C=O) groups is 4. The zero-order valence-electron chi connectivity index (χ0n) is 16.4. The molecule has 12 nitrogen and oxygen atoms in total. The second-order valence-electron chi connectivity index (χ2n) is 7.57. The van der Waals surface area contributed by atoms with E-state index in [1.54, 1.807) is 0 Å². The fraction of sp³-hybridized carbons (Fsp3) is 0.778. The summed E-state index contributed by atoms with van der Waals surface area (Å²) in [5.74, 6) is -1.35. The second kappa shape index (κ2) is 9.25. The van der Waals surface area contributed by atoms with Crippen LogP contribution in [0.25, 0.3) is 0 Å². The van der Waals surface area contributed by atoms with Gasteiger partial charge in [-0.3, -0.25) is 19.2 Å². The van der Waals surface area contributed by atoms with Crippen LogP contribution >= 0.6 is 0 Å². The van der Waals surface area contributed by atoms with Gasteiger partial charge in [-0.25, -0.2) is 0 Å². The average molecular weight is 426 g/mol. The first kappa shape index (κ1) is 21.0. The van der Waals surface area contributed by atoms with Gasteiger partial charge >= 0.3 is 0 Å². The van der Waals surface area contributed by atoms with E-state index in [1.165, 1.54) is 0 Å². The maximum atomic E-state index is 12.2. The topological polar surface area (TPSA) is 153 Å². The van der Waals surface area contributed by atoms with E-state index in [-0.39, 0.29) is 36.7 Å². The number of fused-ring (bicyclic) bond motifs is 4. The van der Waals surface area contributed by atoms with Crippen molar-refractivity contribution in [2.45, 2.75) is 62.7 Å². The SMILES string of the molecule is O=C(NCCCCCCNC(=O)C1OC2CNC(=O)C1O2)C1OC2CNC(=O)C1O2. The fourth-order valence-corrected chi connectivity index (χ4v) is 3.79. The molecule has 4 rings (SSSR count). The molecule has 30 heavy (non-hydrogen) atoms. The Hall–Kier alpha value is -2.28. The third kappa shape index (κ3) is 4.56. The van der Waals surface area contributed by atoms with Gasteiger partial charge in [0.2, 0.25) is 0 Å². The lowest BCUT2D eigenvalue weighted by molar-refractivity contribution is -0.142. The normalized spacial score (nSPS) is 34.3. The lowest BCUT2D eigenvalue weighted by Gasteiger charge is -2.18. The third-order valence-corrected chi connectivity index (χ3v) is 5.37. The van der Waals surface area contributed by atoms with E-state index in [0.717, 1.165) is 25.7 Å². The van der Waals surface area contributed by atoms with Gasteiger partial charge in [0, 0.05) is 13.1 Å². The van der Waals surface area contributed by atoms with Crippen LogP contribution in [0.1, 0.15) is 25.7 Å². The maximum Gasteiger partial charge on any atom is 0.252 e. The molecule has 4 fully saturated rings. The highest BCUT2D eigenvalue weighted by atomic mass is 16.7. The number of hydrogen-bond acceptors (Lipinski definition) is 8. The number of rotatable bonds is 9. The lowest BCUT2D eigenvalue weighted by Crippen LogP contribution is -2.49. The molecule has 0 radical (unpaired) electrons. The van der Waals surface area contributed by atoms with Crippen molar-refractivity contribution >= 4 is 23.6 Å². The Bertz CT molecular complexity index is 646. The molecule has 4 aliphatic heterocycles. The predicted molar refractivity (Wildman–Crippen MR) is 97.6 cm³/mol. The van der Waals surface area contributed by atoms with Gasteiger partial charge in [-0.2, -0.15) is 0 Å². The molecule has 4 N–H and O–H groups in total. The quantitative estimate of drug-likeness (QED) is 0.290. The second-order valence-corrected chi connectivity index (χ2v) is 7.57. The van der Waals surface area contributed by atoms with E-state index in [1.807, 2.05) is 0 Å². The molecule has 0 aromatic rings. The van der Waals surface area contributed by atoms with E-state index in [4.69, 9.17) is 18.9 Å². The van der Waals surface area contributed by atoms with Gasteiger partial charge in [-0.15, -0.1) is 0 Å². The first-order valence-electron chi connectivity index (χ1n) is 10.3. The summed E-state index contributed by atoms with van der Waals surface area (Å²) in [6.45, 7) is 1.44. The van der Waals surface area contributed by atoms with Crippen LogP contribution in [-0.2, 0) is 38.1 Å². The van der Waals surface area contributed by atoms with Crippen LogP contribution in [0.4, 0.5) is 0 Å². The van der Waals surface area contributed by atoms with Crippen LogP contribution in [0.5, 0.6) is 0 Å². The summed E-state index contributed by atoms with van der Waals surface area (Å²) < 4.78 is 21.5. The van der Waals surface area contributed by atoms with Crippen molar-refractivity contribution < 1.29 is 38.1 Å². The molecule has 0 aromatic carbocycles. The Morgan fingerprint density at radius 3 is 1.60 bits per heavy atom. The maximum absolute atomic E-state index is 12.2. The van der Waals surface area contributed by atoms with Crippen LogP contribution < -0.4 is 21.3 Å². The number of carbonyl (C=O) groups excluding carboxylic acids is 4. The van der Waals surface area contributed by atoms with Crippen LogP contribution in [0, 0.1) is 0 Å². The molecule has 12 heteroatoms. The Kier molecular flexibility index (Phi) is 6.46. The average Bonchev–Trinajstić information content (AvgIpc) is 3.29. The molecule has 4 saturated heterocycles. The summed E-state index contributed by atoms with van der Waals surface area (Å²) >= 11 is 0. The minimum atomic E-state index is -0.906. The minimum absolute atomic E-state index is 0.254. The standard InChI is InChI=1S/C18H26N4O8/c23-15(11-13-17(25)21-7-9(27-11)29-13)19-5-3-1-2-4-6-20-16(24)12-14-18(26)22-8-10(28-12)30-14/h9-14H,1-8H2,(H,19,23)(H,20,24)(H,21,25)(H,22,26). The van der Waals surface area contributed by atoms with E-state index in [9.17, 15) is 19.2 Å². The van der Waals surface area contributed by atoms with Gasteiger partial charge < -0.3 is 40.2 Å². The number of ether oxygens (including phenoxy) is 4. The van der Waals surface area contributed by atoms with Gasteiger partial charge in [0.05, 0.1) is 13.1 Å². The Labute approximate surface area is 172 Å². The molecular weight excluding hydrogens is 400 g/mol. The smallest absolute Gasteiger partial charge is 0.252 e. The van der Waals surface area contributed by atoms with Crippen LogP contribution in [-0.4, -0.2) is 86.8 Å². The predicted octanol–water partition coefficient (Wildman–Crippen LogP) is -2.74. The monoisotopic (exact) mass is 426 g/mol. The summed E-state index contributed by atoms with van der Waals surface area (Å²) in [4.78, 5) is 47.7. The summed E-state index contributed by atoms with van der Waals surface area (Å²) in [6, 6.07) is 0. The molecule has 0 saturated carbocycles. The van der Waals surface area contributed by atoms with Gasteiger partial charge in [0.25, 0.3) is 23.6 Å². The summed E-state index contributed by atoms with van der Waals surface area (Å²) in [5, 5.41) is 10.8. The van der Waals surface area contributed by atoms with E-state index < -0.39 is 37.0 Å². The molecule has 166 valence electrons.